The lowest BCUT2D eigenvalue weighted by Gasteiger charge is -2.26. The van der Waals surface area contributed by atoms with Crippen LogP contribution in [-0.4, -0.2) is 39.6 Å². The largest absolute Gasteiger partial charge is 0.496 e. The van der Waals surface area contributed by atoms with Crippen molar-refractivity contribution in [2.75, 3.05) is 12.9 Å². The molecule has 3 rings (SSSR count). The summed E-state index contributed by atoms with van der Waals surface area (Å²) in [5.41, 5.74) is 0.868. The number of amides is 1. The number of hydrogen-bond acceptors (Lipinski definition) is 5. The topological polar surface area (TPSA) is 69.0 Å². The summed E-state index contributed by atoms with van der Waals surface area (Å²) in [6.07, 6.45) is 6.32. The molecule has 7 heteroatoms. The lowest BCUT2D eigenvalue weighted by molar-refractivity contribution is -0.119. The normalized spacial score (nSPS) is 19.2. The zero-order chi connectivity index (χ0) is 19.9. The molecule has 1 amide bonds. The molecule has 6 nitrogen and oxygen atoms in total. The number of ether oxygens (including phenoxy) is 1. The first-order valence-electron chi connectivity index (χ1n) is 9.72. The molecular weight excluding hydrogens is 372 g/mol. The van der Waals surface area contributed by atoms with Crippen LogP contribution in [0.5, 0.6) is 5.75 Å². The fourth-order valence-electron chi connectivity index (χ4n) is 3.52. The fraction of sp³-hybridized carbons (Fsp3) is 0.476. The molecule has 0 atom stereocenters. The van der Waals surface area contributed by atoms with Crippen LogP contribution >= 0.6 is 11.8 Å². The second-order valence-corrected chi connectivity index (χ2v) is 8.16. The summed E-state index contributed by atoms with van der Waals surface area (Å²) < 4.78 is 7.42. The van der Waals surface area contributed by atoms with Crippen LogP contribution in [0.3, 0.4) is 0 Å². The van der Waals surface area contributed by atoms with Crippen molar-refractivity contribution in [3.8, 4) is 17.1 Å². The maximum atomic E-state index is 12.4. The van der Waals surface area contributed by atoms with Crippen LogP contribution in [0.1, 0.15) is 32.6 Å². The van der Waals surface area contributed by atoms with Gasteiger partial charge in [-0.2, -0.15) is 0 Å². The van der Waals surface area contributed by atoms with Crippen LogP contribution in [0.25, 0.3) is 11.4 Å². The van der Waals surface area contributed by atoms with Gasteiger partial charge in [0.2, 0.25) is 5.91 Å². The molecule has 1 aliphatic rings. The van der Waals surface area contributed by atoms with Gasteiger partial charge in [-0.15, -0.1) is 16.8 Å². The van der Waals surface area contributed by atoms with Gasteiger partial charge in [-0.05, 0) is 43.7 Å². The Hall–Kier alpha value is -2.28. The molecule has 150 valence electrons. The second kappa shape index (κ2) is 9.78. The lowest BCUT2D eigenvalue weighted by atomic mass is 9.87. The molecule has 0 radical (unpaired) electrons. The van der Waals surface area contributed by atoms with Crippen molar-refractivity contribution >= 4 is 17.7 Å². The molecule has 1 heterocycles. The van der Waals surface area contributed by atoms with E-state index in [9.17, 15) is 4.79 Å². The third-order valence-corrected chi connectivity index (χ3v) is 6.06. The van der Waals surface area contributed by atoms with E-state index >= 15 is 0 Å². The zero-order valence-corrected chi connectivity index (χ0v) is 17.4. The van der Waals surface area contributed by atoms with Crippen molar-refractivity contribution < 1.29 is 9.53 Å². The molecule has 1 aromatic heterocycles. The van der Waals surface area contributed by atoms with Crippen molar-refractivity contribution in [1.82, 2.24) is 20.1 Å². The third kappa shape index (κ3) is 4.95. The molecule has 0 unspecified atom stereocenters. The molecule has 1 saturated carbocycles. The van der Waals surface area contributed by atoms with E-state index in [4.69, 9.17) is 4.74 Å². The summed E-state index contributed by atoms with van der Waals surface area (Å²) in [5, 5.41) is 12.5. The Kier molecular flexibility index (Phi) is 7.14. The summed E-state index contributed by atoms with van der Waals surface area (Å²) in [7, 11) is 1.64. The molecule has 1 fully saturated rings. The van der Waals surface area contributed by atoms with E-state index in [0.29, 0.717) is 29.3 Å². The van der Waals surface area contributed by atoms with Crippen molar-refractivity contribution in [3.05, 3.63) is 36.9 Å². The van der Waals surface area contributed by atoms with E-state index in [1.165, 1.54) is 24.6 Å². The predicted molar refractivity (Wildman–Crippen MR) is 112 cm³/mol. The van der Waals surface area contributed by atoms with Gasteiger partial charge in [-0.1, -0.05) is 36.9 Å². The van der Waals surface area contributed by atoms with Crippen LogP contribution in [0.2, 0.25) is 0 Å². The molecule has 28 heavy (non-hydrogen) atoms. The number of benzene rings is 1. The SMILES string of the molecule is C=CCn1c(SCC(=O)NC2CCC(C)CC2)nnc1-c1ccccc1OC. The third-order valence-electron chi connectivity index (χ3n) is 5.09. The minimum atomic E-state index is 0.0524. The molecule has 0 spiro atoms. The highest BCUT2D eigenvalue weighted by molar-refractivity contribution is 7.99. The second-order valence-electron chi connectivity index (χ2n) is 7.22. The van der Waals surface area contributed by atoms with Crippen LogP contribution in [0.15, 0.2) is 42.1 Å². The summed E-state index contributed by atoms with van der Waals surface area (Å²) >= 11 is 1.40. The number of methoxy groups -OCH3 is 1. The zero-order valence-electron chi connectivity index (χ0n) is 16.6. The number of rotatable bonds is 8. The van der Waals surface area contributed by atoms with Gasteiger partial charge in [0.05, 0.1) is 18.4 Å². The monoisotopic (exact) mass is 400 g/mol. The van der Waals surface area contributed by atoms with E-state index in [1.807, 2.05) is 28.8 Å². The van der Waals surface area contributed by atoms with Gasteiger partial charge in [0, 0.05) is 12.6 Å². The van der Waals surface area contributed by atoms with Gasteiger partial charge in [0.25, 0.3) is 0 Å². The van der Waals surface area contributed by atoms with Gasteiger partial charge < -0.3 is 10.1 Å². The standard InChI is InChI=1S/C21H28N4O2S/c1-4-13-25-20(17-7-5-6-8-18(17)27-3)23-24-21(25)28-14-19(26)22-16-11-9-15(2)10-12-16/h4-8,15-16H,1,9-14H2,2-3H3,(H,22,26). The molecule has 1 aromatic carbocycles. The highest BCUT2D eigenvalue weighted by Gasteiger charge is 2.21. The lowest BCUT2D eigenvalue weighted by Crippen LogP contribution is -2.38. The summed E-state index contributed by atoms with van der Waals surface area (Å²) in [6.45, 7) is 6.67. The summed E-state index contributed by atoms with van der Waals surface area (Å²) in [5.74, 6) is 2.60. The van der Waals surface area contributed by atoms with Crippen LogP contribution in [0.4, 0.5) is 0 Å². The molecule has 0 bridgehead atoms. The number of carbonyl (C=O) groups is 1. The smallest absolute Gasteiger partial charge is 0.230 e. The van der Waals surface area contributed by atoms with E-state index in [1.54, 1.807) is 13.2 Å². The number of nitrogens with one attached hydrogen (secondary N) is 1. The van der Waals surface area contributed by atoms with Crippen LogP contribution in [0, 0.1) is 5.92 Å². The first-order valence-corrected chi connectivity index (χ1v) is 10.7. The molecule has 1 aliphatic carbocycles. The van der Waals surface area contributed by atoms with E-state index in [2.05, 4.69) is 29.0 Å². The Balaban J connectivity index is 1.68. The van der Waals surface area contributed by atoms with E-state index in [-0.39, 0.29) is 5.91 Å². The number of aromatic nitrogens is 3. The summed E-state index contributed by atoms with van der Waals surface area (Å²) in [6, 6.07) is 8.01. The molecule has 1 N–H and O–H groups in total. The van der Waals surface area contributed by atoms with Gasteiger partial charge in [-0.25, -0.2) is 0 Å². The minimum Gasteiger partial charge on any atom is -0.496 e. The van der Waals surface area contributed by atoms with Crippen molar-refractivity contribution in [1.29, 1.82) is 0 Å². The first-order chi connectivity index (χ1) is 13.6. The highest BCUT2D eigenvalue weighted by atomic mass is 32.2. The fourth-order valence-corrected chi connectivity index (χ4v) is 4.28. The molecule has 0 saturated heterocycles. The minimum absolute atomic E-state index is 0.0524. The number of para-hydroxylation sites is 1. The van der Waals surface area contributed by atoms with Crippen molar-refractivity contribution in [3.63, 3.8) is 0 Å². The Morgan fingerprint density at radius 2 is 2.07 bits per heavy atom. The number of thioether (sulfide) groups is 1. The van der Waals surface area contributed by atoms with Crippen molar-refractivity contribution in [2.24, 2.45) is 5.92 Å². The highest BCUT2D eigenvalue weighted by Crippen LogP contribution is 2.31. The van der Waals surface area contributed by atoms with Crippen LogP contribution < -0.4 is 10.1 Å². The Morgan fingerprint density at radius 3 is 2.79 bits per heavy atom. The van der Waals surface area contributed by atoms with E-state index < -0.39 is 0 Å². The van der Waals surface area contributed by atoms with Gasteiger partial charge in [0.15, 0.2) is 11.0 Å². The Morgan fingerprint density at radius 1 is 1.32 bits per heavy atom. The first kappa shape index (κ1) is 20.5. The van der Waals surface area contributed by atoms with Gasteiger partial charge in [0.1, 0.15) is 5.75 Å². The van der Waals surface area contributed by atoms with Crippen LogP contribution in [-0.2, 0) is 11.3 Å². The maximum Gasteiger partial charge on any atom is 0.230 e. The molecule has 2 aromatic rings. The maximum absolute atomic E-state index is 12.4. The van der Waals surface area contributed by atoms with Gasteiger partial charge in [-0.3, -0.25) is 9.36 Å². The average Bonchev–Trinajstić information content (AvgIpc) is 3.11. The number of nitrogens with zero attached hydrogens (tertiary/aromatic N) is 3. The summed E-state index contributed by atoms with van der Waals surface area (Å²) in [4.78, 5) is 12.4. The quantitative estimate of drug-likeness (QED) is 0.537. The van der Waals surface area contributed by atoms with Gasteiger partial charge >= 0.3 is 0 Å². The number of hydrogen-bond donors (Lipinski definition) is 1. The Labute approximate surface area is 170 Å². The number of allylic oxidation sites excluding steroid dienone is 1. The van der Waals surface area contributed by atoms with Crippen molar-refractivity contribution in [2.45, 2.75) is 50.4 Å². The molecule has 0 aliphatic heterocycles. The average molecular weight is 401 g/mol. The Bertz CT molecular complexity index is 812. The number of carbonyl (C=O) groups excluding carboxylic acids is 1. The van der Waals surface area contributed by atoms with E-state index in [0.717, 1.165) is 30.1 Å². The predicted octanol–water partition coefficient (Wildman–Crippen LogP) is 3.93. The molecular formula is C21H28N4O2S.